The van der Waals surface area contributed by atoms with Crippen LogP contribution < -0.4 is 5.73 Å². The maximum absolute atomic E-state index is 9.88. The number of nitrogen functional groups attached to an aromatic ring is 1. The maximum atomic E-state index is 9.88. The zero-order valence-corrected chi connectivity index (χ0v) is 8.11. The summed E-state index contributed by atoms with van der Waals surface area (Å²) in [6.45, 7) is 0. The number of nitrogens with two attached hydrogens (primary N) is 1. The third-order valence-electron chi connectivity index (χ3n) is 1.81. The number of thiazole rings is 1. The van der Waals surface area contributed by atoms with Gasteiger partial charge < -0.3 is 10.8 Å². The number of pyridine rings is 1. The summed E-state index contributed by atoms with van der Waals surface area (Å²) in [6.07, 6.45) is 4.19. The van der Waals surface area contributed by atoms with Crippen molar-refractivity contribution in [3.8, 4) is 0 Å². The van der Waals surface area contributed by atoms with E-state index >= 15 is 0 Å². The van der Waals surface area contributed by atoms with Crippen molar-refractivity contribution in [1.82, 2.24) is 9.97 Å². The molecule has 0 bridgehead atoms. The van der Waals surface area contributed by atoms with Crippen LogP contribution in [0.2, 0.25) is 0 Å². The number of hydrogen-bond donors (Lipinski definition) is 2. The number of rotatable bonds is 2. The molecule has 5 heteroatoms. The van der Waals surface area contributed by atoms with E-state index in [0.29, 0.717) is 5.13 Å². The van der Waals surface area contributed by atoms with Gasteiger partial charge in [0.15, 0.2) is 5.13 Å². The van der Waals surface area contributed by atoms with Crippen LogP contribution in [0.25, 0.3) is 0 Å². The predicted octanol–water partition coefficient (Wildman–Crippen LogP) is 1.20. The molecule has 0 radical (unpaired) electrons. The molecule has 2 aromatic heterocycles. The molecule has 0 saturated heterocycles. The SMILES string of the molecule is Nc1ncc(C(O)c2cccnc2)s1. The molecule has 72 valence electrons. The van der Waals surface area contributed by atoms with Crippen LogP contribution in [-0.4, -0.2) is 15.1 Å². The van der Waals surface area contributed by atoms with Gasteiger partial charge in [-0.1, -0.05) is 17.4 Å². The molecule has 2 heterocycles. The van der Waals surface area contributed by atoms with Gasteiger partial charge in [0.25, 0.3) is 0 Å². The fourth-order valence-electron chi connectivity index (χ4n) is 1.13. The highest BCUT2D eigenvalue weighted by Crippen LogP contribution is 2.26. The minimum absolute atomic E-state index is 0.461. The highest BCUT2D eigenvalue weighted by Gasteiger charge is 2.12. The van der Waals surface area contributed by atoms with Crippen molar-refractivity contribution in [2.45, 2.75) is 6.10 Å². The molecular formula is C9H9N3OS. The van der Waals surface area contributed by atoms with Gasteiger partial charge >= 0.3 is 0 Å². The number of hydrogen-bond acceptors (Lipinski definition) is 5. The standard InChI is InChI=1S/C9H9N3OS/c10-9-12-5-7(14-9)8(13)6-2-1-3-11-4-6/h1-5,8,13H,(H2,10,12). The van der Waals surface area contributed by atoms with Gasteiger partial charge in [-0.25, -0.2) is 4.98 Å². The van der Waals surface area contributed by atoms with E-state index in [1.807, 2.05) is 6.07 Å². The van der Waals surface area contributed by atoms with Gasteiger partial charge in [-0.3, -0.25) is 4.98 Å². The van der Waals surface area contributed by atoms with Gasteiger partial charge in [0.1, 0.15) is 6.10 Å². The van der Waals surface area contributed by atoms with E-state index < -0.39 is 6.10 Å². The lowest BCUT2D eigenvalue weighted by atomic mass is 10.1. The fourth-order valence-corrected chi connectivity index (χ4v) is 1.83. The minimum atomic E-state index is -0.682. The Morgan fingerprint density at radius 3 is 2.86 bits per heavy atom. The monoisotopic (exact) mass is 207 g/mol. The first-order valence-corrected chi connectivity index (χ1v) is 4.88. The summed E-state index contributed by atoms with van der Waals surface area (Å²) in [6, 6.07) is 3.59. The molecule has 0 aliphatic heterocycles. The summed E-state index contributed by atoms with van der Waals surface area (Å²) >= 11 is 1.28. The fraction of sp³-hybridized carbons (Fsp3) is 0.111. The van der Waals surface area contributed by atoms with E-state index in [9.17, 15) is 5.11 Å². The molecule has 4 nitrogen and oxygen atoms in total. The molecule has 0 aromatic carbocycles. The molecule has 0 fully saturated rings. The average molecular weight is 207 g/mol. The van der Waals surface area contributed by atoms with Crippen LogP contribution in [0.1, 0.15) is 16.5 Å². The number of aliphatic hydroxyl groups is 1. The van der Waals surface area contributed by atoms with Crippen LogP contribution in [0.5, 0.6) is 0 Å². The Kier molecular flexibility index (Phi) is 2.43. The van der Waals surface area contributed by atoms with Crippen molar-refractivity contribution in [3.63, 3.8) is 0 Å². The Morgan fingerprint density at radius 1 is 1.43 bits per heavy atom. The van der Waals surface area contributed by atoms with E-state index in [4.69, 9.17) is 5.73 Å². The summed E-state index contributed by atoms with van der Waals surface area (Å²) in [5.41, 5.74) is 6.22. The summed E-state index contributed by atoms with van der Waals surface area (Å²) in [5.74, 6) is 0. The topological polar surface area (TPSA) is 72.0 Å². The van der Waals surface area contributed by atoms with Crippen LogP contribution in [0.3, 0.4) is 0 Å². The Balaban J connectivity index is 2.29. The van der Waals surface area contributed by atoms with Gasteiger partial charge in [-0.2, -0.15) is 0 Å². The predicted molar refractivity (Wildman–Crippen MR) is 54.8 cm³/mol. The molecule has 0 saturated carbocycles. The van der Waals surface area contributed by atoms with Crippen molar-refractivity contribution in [3.05, 3.63) is 41.2 Å². The number of aliphatic hydroxyl groups excluding tert-OH is 1. The molecule has 14 heavy (non-hydrogen) atoms. The van der Waals surface area contributed by atoms with E-state index in [-0.39, 0.29) is 0 Å². The molecule has 1 unspecified atom stereocenters. The maximum Gasteiger partial charge on any atom is 0.180 e. The van der Waals surface area contributed by atoms with E-state index in [2.05, 4.69) is 9.97 Å². The zero-order chi connectivity index (χ0) is 9.97. The van der Waals surface area contributed by atoms with Gasteiger partial charge in [-0.15, -0.1) is 0 Å². The molecule has 1 atom stereocenters. The van der Waals surface area contributed by atoms with E-state index in [1.165, 1.54) is 11.3 Å². The Labute approximate surface area is 85.1 Å². The molecule has 0 aliphatic rings. The molecule has 2 aromatic rings. The van der Waals surface area contributed by atoms with Crippen LogP contribution >= 0.6 is 11.3 Å². The molecule has 2 rings (SSSR count). The molecule has 0 spiro atoms. The highest BCUT2D eigenvalue weighted by atomic mass is 32.1. The van der Waals surface area contributed by atoms with Crippen LogP contribution in [-0.2, 0) is 0 Å². The third kappa shape index (κ3) is 1.73. The first-order chi connectivity index (χ1) is 6.77. The van der Waals surface area contributed by atoms with Crippen molar-refractivity contribution >= 4 is 16.5 Å². The second-order valence-electron chi connectivity index (χ2n) is 2.79. The Morgan fingerprint density at radius 2 is 2.29 bits per heavy atom. The summed E-state index contributed by atoms with van der Waals surface area (Å²) < 4.78 is 0. The lowest BCUT2D eigenvalue weighted by molar-refractivity contribution is 0.223. The highest BCUT2D eigenvalue weighted by molar-refractivity contribution is 7.15. The van der Waals surface area contributed by atoms with Crippen LogP contribution in [0.4, 0.5) is 5.13 Å². The van der Waals surface area contributed by atoms with Crippen LogP contribution in [0.15, 0.2) is 30.7 Å². The van der Waals surface area contributed by atoms with E-state index in [1.54, 1.807) is 24.7 Å². The Hall–Kier alpha value is -1.46. The van der Waals surface area contributed by atoms with E-state index in [0.717, 1.165) is 10.4 Å². The van der Waals surface area contributed by atoms with Crippen molar-refractivity contribution in [1.29, 1.82) is 0 Å². The first-order valence-electron chi connectivity index (χ1n) is 4.06. The number of aromatic nitrogens is 2. The number of anilines is 1. The average Bonchev–Trinajstić information content (AvgIpc) is 2.65. The van der Waals surface area contributed by atoms with Gasteiger partial charge in [0, 0.05) is 24.2 Å². The molecule has 0 amide bonds. The van der Waals surface area contributed by atoms with Gasteiger partial charge in [0.05, 0.1) is 4.88 Å². The first kappa shape index (κ1) is 9.11. The van der Waals surface area contributed by atoms with Crippen molar-refractivity contribution in [2.24, 2.45) is 0 Å². The van der Waals surface area contributed by atoms with Crippen LogP contribution in [0, 0.1) is 0 Å². The smallest absolute Gasteiger partial charge is 0.180 e. The third-order valence-corrected chi connectivity index (χ3v) is 2.69. The normalized spacial score (nSPS) is 12.6. The lowest BCUT2D eigenvalue weighted by Crippen LogP contribution is -1.96. The summed E-state index contributed by atoms with van der Waals surface area (Å²) in [5, 5.41) is 10.3. The van der Waals surface area contributed by atoms with Crippen molar-refractivity contribution in [2.75, 3.05) is 5.73 Å². The summed E-state index contributed by atoms with van der Waals surface area (Å²) in [7, 11) is 0. The van der Waals surface area contributed by atoms with Gasteiger partial charge in [0.2, 0.25) is 0 Å². The lowest BCUT2D eigenvalue weighted by Gasteiger charge is -2.06. The zero-order valence-electron chi connectivity index (χ0n) is 7.29. The largest absolute Gasteiger partial charge is 0.383 e. The Bertz CT molecular complexity index is 415. The number of nitrogens with zero attached hydrogens (tertiary/aromatic N) is 2. The second kappa shape index (κ2) is 3.73. The molecular weight excluding hydrogens is 198 g/mol. The second-order valence-corrected chi connectivity index (χ2v) is 3.88. The minimum Gasteiger partial charge on any atom is -0.383 e. The molecule has 3 N–H and O–H groups in total. The summed E-state index contributed by atoms with van der Waals surface area (Å²) in [4.78, 5) is 8.54. The molecule has 0 aliphatic carbocycles. The quantitative estimate of drug-likeness (QED) is 0.776. The van der Waals surface area contributed by atoms with Gasteiger partial charge in [-0.05, 0) is 6.07 Å². The van der Waals surface area contributed by atoms with Crippen molar-refractivity contribution < 1.29 is 5.11 Å².